The van der Waals surface area contributed by atoms with E-state index in [4.69, 9.17) is 9.47 Å². The molecule has 8 fully saturated rings. The first-order valence-corrected chi connectivity index (χ1v) is 30.1. The smallest absolute Gasteiger partial charge is 0.411 e. The van der Waals surface area contributed by atoms with Crippen LogP contribution in [0.2, 0.25) is 0 Å². The third-order valence-electron chi connectivity index (χ3n) is 18.7. The van der Waals surface area contributed by atoms with Gasteiger partial charge in [0.1, 0.15) is 24.0 Å². The van der Waals surface area contributed by atoms with Crippen LogP contribution in [0, 0.1) is 17.2 Å². The van der Waals surface area contributed by atoms with Crippen LogP contribution in [0.4, 0.5) is 9.18 Å². The number of hydrogen-bond donors (Lipinski definition) is 2. The second-order valence-corrected chi connectivity index (χ2v) is 25.5. The highest BCUT2D eigenvalue weighted by atomic mass is 32.1. The van der Waals surface area contributed by atoms with Crippen molar-refractivity contribution in [3.05, 3.63) is 111 Å². The number of piperidine rings is 1. The third kappa shape index (κ3) is 13.4. The minimum atomic E-state index is -0.657. The van der Waals surface area contributed by atoms with Crippen molar-refractivity contribution in [2.24, 2.45) is 11.3 Å². The maximum absolute atomic E-state index is 15.3. The van der Waals surface area contributed by atoms with E-state index in [0.29, 0.717) is 112 Å². The molecule has 4 aromatic rings. The van der Waals surface area contributed by atoms with Gasteiger partial charge in [0, 0.05) is 101 Å². The summed E-state index contributed by atoms with van der Waals surface area (Å²) in [7, 11) is 0. The number of benzene rings is 3. The second kappa shape index (κ2) is 25.1. The lowest BCUT2D eigenvalue weighted by molar-refractivity contribution is -0.203. The van der Waals surface area contributed by atoms with Crippen LogP contribution in [-0.2, 0) is 30.3 Å². The molecule has 446 valence electrons. The number of likely N-dealkylation sites (tertiary alicyclic amines) is 1. The Morgan fingerprint density at radius 3 is 2.17 bits per heavy atom. The second-order valence-electron chi connectivity index (χ2n) is 25.5. The van der Waals surface area contributed by atoms with Gasteiger partial charge in [-0.2, -0.15) is 18.6 Å². The number of carbonyl (C=O) groups is 6. The van der Waals surface area contributed by atoms with Gasteiger partial charge < -0.3 is 34.4 Å². The Balaban J connectivity index is 0.00000769. The van der Waals surface area contributed by atoms with E-state index in [9.17, 15) is 33.6 Å². The minimum Gasteiger partial charge on any atom is -0.444 e. The fourth-order valence-corrected chi connectivity index (χ4v) is 13.7. The lowest BCUT2D eigenvalue weighted by atomic mass is 9.65. The Bertz CT molecular complexity index is 3100. The molecule has 83 heavy (non-hydrogen) atoms. The monoisotopic (exact) mass is 1160 g/mol. The number of aromatic amines is 1. The first-order chi connectivity index (χ1) is 39.4. The van der Waals surface area contributed by atoms with Gasteiger partial charge in [0.15, 0.2) is 0 Å². The van der Waals surface area contributed by atoms with Gasteiger partial charge in [-0.3, -0.25) is 38.6 Å². The van der Waals surface area contributed by atoms with Crippen LogP contribution in [0.25, 0.3) is 10.8 Å². The summed E-state index contributed by atoms with van der Waals surface area (Å²) in [6.45, 7) is 11.3. The van der Waals surface area contributed by atoms with Gasteiger partial charge in [0.05, 0.1) is 34.3 Å². The fourth-order valence-electron chi connectivity index (χ4n) is 13.7. The highest BCUT2D eigenvalue weighted by Gasteiger charge is 2.55. The van der Waals surface area contributed by atoms with Crippen LogP contribution >= 0.6 is 13.5 Å². The Labute approximate surface area is 492 Å². The number of hydrogen-bond acceptors (Lipinski definition) is 11. The largest absolute Gasteiger partial charge is 0.444 e. The molecule has 2 atom stereocenters. The van der Waals surface area contributed by atoms with Crippen molar-refractivity contribution in [2.75, 3.05) is 85.1 Å². The number of aromatic nitrogens is 2. The molecule has 6 heterocycles. The van der Waals surface area contributed by atoms with E-state index in [1.165, 1.54) is 6.07 Å². The summed E-state index contributed by atoms with van der Waals surface area (Å²) in [5.74, 6) is -1.33. The first-order valence-electron chi connectivity index (χ1n) is 30.1. The van der Waals surface area contributed by atoms with Crippen LogP contribution in [0.15, 0.2) is 71.5 Å². The SMILES string of the molecule is CC(C)(C)OC(=O)N(CC(=O)N1CCCC(c2cccc(C(=O)NC(C(=O)N3CCN(CC45CCC(C(=O)N6CCN(C(=O)c7cc(Cc8n[nH]c(=O)c9ccccc89)ccc7F)CC6)(CC4)CO5)CC3)C3CCCCC3)c2)C1)C1CC1.S. The van der Waals surface area contributed by atoms with Gasteiger partial charge in [-0.25, -0.2) is 14.3 Å². The topological polar surface area (TPSA) is 198 Å². The molecule has 5 saturated heterocycles. The molecule has 8 aliphatic rings. The number of H-pyrrole nitrogens is 1. The van der Waals surface area contributed by atoms with Gasteiger partial charge in [0.25, 0.3) is 17.4 Å². The summed E-state index contributed by atoms with van der Waals surface area (Å²) in [6, 6.07) is 18.6. The van der Waals surface area contributed by atoms with Crippen molar-refractivity contribution in [2.45, 2.75) is 140 Å². The number of carbonyl (C=O) groups excluding carboxylic acids is 6. The van der Waals surface area contributed by atoms with Gasteiger partial charge in [-0.1, -0.05) is 55.7 Å². The van der Waals surface area contributed by atoms with E-state index in [1.54, 1.807) is 40.1 Å². The Hall–Kier alpha value is -6.38. The maximum atomic E-state index is 15.3. The molecular weight excluding hydrogens is 1080 g/mol. The average molecular weight is 1160 g/mol. The first kappa shape index (κ1) is 59.8. The molecule has 0 radical (unpaired) electrons. The maximum Gasteiger partial charge on any atom is 0.411 e. The van der Waals surface area contributed by atoms with E-state index in [0.717, 1.165) is 76.2 Å². The minimum absolute atomic E-state index is 0. The number of nitrogens with zero attached hydrogens (tertiary/aromatic N) is 7. The van der Waals surface area contributed by atoms with Crippen molar-refractivity contribution >= 4 is 59.9 Å². The Kier molecular flexibility index (Phi) is 18.0. The molecule has 0 spiro atoms. The predicted octanol–water partition coefficient (Wildman–Crippen LogP) is 7.01. The molecule has 1 aromatic heterocycles. The summed E-state index contributed by atoms with van der Waals surface area (Å²) in [5, 5.41) is 11.2. The number of rotatable bonds is 14. The molecule has 2 unspecified atom stereocenters. The van der Waals surface area contributed by atoms with Crippen LogP contribution in [-0.4, -0.2) is 184 Å². The van der Waals surface area contributed by atoms with Crippen LogP contribution in [0.5, 0.6) is 0 Å². The molecular formula is C63H82FN9O9S. The van der Waals surface area contributed by atoms with Gasteiger partial charge in [-0.15, -0.1) is 0 Å². The number of fused-ring (bicyclic) bond motifs is 4. The van der Waals surface area contributed by atoms with Gasteiger partial charge in [-0.05, 0) is 132 Å². The summed E-state index contributed by atoms with van der Waals surface area (Å²) in [4.78, 5) is 107. The Morgan fingerprint density at radius 2 is 1.48 bits per heavy atom. The fraction of sp³-hybridized carbons (Fsp3) is 0.587. The zero-order valence-electron chi connectivity index (χ0n) is 48.4. The van der Waals surface area contributed by atoms with E-state index in [-0.39, 0.29) is 91.4 Å². The zero-order chi connectivity index (χ0) is 57.3. The van der Waals surface area contributed by atoms with E-state index in [1.807, 2.05) is 65.8 Å². The number of halogens is 1. The molecule has 18 nitrogen and oxygen atoms in total. The van der Waals surface area contributed by atoms with Crippen molar-refractivity contribution < 1.29 is 42.6 Å². The molecule has 6 amide bonds. The lowest BCUT2D eigenvalue weighted by Crippen LogP contribution is -2.64. The molecule has 12 rings (SSSR count). The molecule has 20 heteroatoms. The summed E-state index contributed by atoms with van der Waals surface area (Å²) >= 11 is 0. The predicted molar refractivity (Wildman–Crippen MR) is 316 cm³/mol. The third-order valence-corrected chi connectivity index (χ3v) is 18.7. The summed E-state index contributed by atoms with van der Waals surface area (Å²) in [5.41, 5.74) is 0.777. The van der Waals surface area contributed by atoms with E-state index < -0.39 is 34.9 Å². The summed E-state index contributed by atoms with van der Waals surface area (Å²) in [6.07, 6.45) is 11.1. The van der Waals surface area contributed by atoms with Gasteiger partial charge in [0.2, 0.25) is 17.7 Å². The molecule has 5 aliphatic heterocycles. The lowest BCUT2D eigenvalue weighted by Gasteiger charge is -2.55. The van der Waals surface area contributed by atoms with Crippen LogP contribution in [0.1, 0.15) is 148 Å². The number of ether oxygens (including phenoxy) is 2. The molecule has 2 N–H and O–H groups in total. The average Bonchev–Trinajstić information content (AvgIpc) is 4.24. The quantitative estimate of drug-likeness (QED) is 0.132. The number of piperazine rings is 2. The number of nitrogens with one attached hydrogen (secondary N) is 2. The highest BCUT2D eigenvalue weighted by Crippen LogP contribution is 2.50. The molecule has 3 aliphatic carbocycles. The molecule has 3 aromatic carbocycles. The Morgan fingerprint density at radius 1 is 0.783 bits per heavy atom. The van der Waals surface area contributed by atoms with Crippen LogP contribution < -0.4 is 10.9 Å². The van der Waals surface area contributed by atoms with Crippen molar-refractivity contribution in [1.82, 2.24) is 44.9 Å². The molecule has 2 bridgehead atoms. The van der Waals surface area contributed by atoms with Crippen molar-refractivity contribution in [3.63, 3.8) is 0 Å². The summed E-state index contributed by atoms with van der Waals surface area (Å²) < 4.78 is 27.6. The standard InChI is InChI=1S/C63H80FN9O9.H2S/c1-61(2,3)82-60(80)73(47-19-20-47)39-53(74)72-26-10-15-46(38-72)44-13-9-14-45(37-44)55(75)65-54(43-11-5-4-6-12-43)58(78)70-29-27-68(28-30-70)40-63-24-22-62(23-25-63,41-81-63)59(79)71-33-31-69(32-34-71)57(77)50-35-42(18-21-51(50)64)36-52-48-16-7-8-17-49(48)56(76)67-66-52;/h7-9,13-14,16-18,21,35,37,43,46-47,54H,4-6,10-12,15,19-20,22-34,36,38-41H2,1-3H3,(H,65,75)(H,67,76);1H2. The van der Waals surface area contributed by atoms with E-state index in [2.05, 4.69) is 20.4 Å². The van der Waals surface area contributed by atoms with E-state index >= 15 is 4.39 Å². The molecule has 3 saturated carbocycles. The zero-order valence-corrected chi connectivity index (χ0v) is 49.4. The van der Waals surface area contributed by atoms with Gasteiger partial charge >= 0.3 is 6.09 Å². The van der Waals surface area contributed by atoms with Crippen molar-refractivity contribution in [3.8, 4) is 0 Å². The highest BCUT2D eigenvalue weighted by molar-refractivity contribution is 7.59. The van der Waals surface area contributed by atoms with Crippen LogP contribution in [0.3, 0.4) is 0 Å². The van der Waals surface area contributed by atoms with Crippen molar-refractivity contribution in [1.29, 1.82) is 0 Å². The normalized spacial score (nSPS) is 23.7. The number of amides is 6.